The molecule has 2 rings (SSSR count). The Kier molecular flexibility index (Phi) is 3.50. The van der Waals surface area contributed by atoms with Crippen LogP contribution in [0, 0.1) is 6.92 Å². The minimum absolute atomic E-state index is 0.0412. The summed E-state index contributed by atoms with van der Waals surface area (Å²) in [5.41, 5.74) is 1.63. The molecule has 0 aromatic carbocycles. The van der Waals surface area contributed by atoms with Gasteiger partial charge < -0.3 is 9.26 Å². The SMILES string of the molecule is CCc1noc(NC(=O)CN2CCOC2=O)c1C. The number of carbonyl (C=O) groups is 2. The lowest BCUT2D eigenvalue weighted by molar-refractivity contribution is -0.116. The normalized spacial score (nSPS) is 14.8. The molecule has 7 heteroatoms. The van der Waals surface area contributed by atoms with Crippen molar-refractivity contribution in [2.24, 2.45) is 0 Å². The molecule has 1 aliphatic heterocycles. The molecule has 1 aliphatic rings. The highest BCUT2D eigenvalue weighted by atomic mass is 16.6. The fourth-order valence-corrected chi connectivity index (χ4v) is 1.72. The molecule has 0 saturated carbocycles. The van der Waals surface area contributed by atoms with Crippen molar-refractivity contribution >= 4 is 17.9 Å². The van der Waals surface area contributed by atoms with Crippen molar-refractivity contribution in [3.05, 3.63) is 11.3 Å². The van der Waals surface area contributed by atoms with Gasteiger partial charge in [0.1, 0.15) is 13.2 Å². The second-order valence-electron chi connectivity index (χ2n) is 4.02. The molecule has 1 aromatic heterocycles. The number of anilines is 1. The van der Waals surface area contributed by atoms with Gasteiger partial charge in [0.25, 0.3) is 0 Å². The summed E-state index contributed by atoms with van der Waals surface area (Å²) in [5, 5.41) is 6.43. The van der Waals surface area contributed by atoms with Crippen LogP contribution in [0.25, 0.3) is 0 Å². The van der Waals surface area contributed by atoms with Crippen LogP contribution in [0.3, 0.4) is 0 Å². The molecule has 0 aliphatic carbocycles. The Bertz CT molecular complexity index is 469. The molecular formula is C11H15N3O4. The number of cyclic esters (lactones) is 1. The van der Waals surface area contributed by atoms with Crippen LogP contribution < -0.4 is 5.32 Å². The van der Waals surface area contributed by atoms with Gasteiger partial charge in [0.05, 0.1) is 12.2 Å². The monoisotopic (exact) mass is 253 g/mol. The third kappa shape index (κ3) is 2.44. The van der Waals surface area contributed by atoms with E-state index in [-0.39, 0.29) is 12.5 Å². The first-order chi connectivity index (χ1) is 8.61. The van der Waals surface area contributed by atoms with Gasteiger partial charge in [0.15, 0.2) is 0 Å². The molecule has 2 heterocycles. The highest BCUT2D eigenvalue weighted by molar-refractivity contribution is 5.93. The predicted octanol–water partition coefficient (Wildman–Crippen LogP) is 0.936. The maximum Gasteiger partial charge on any atom is 0.410 e. The van der Waals surface area contributed by atoms with E-state index in [0.29, 0.717) is 19.0 Å². The Balaban J connectivity index is 1.94. The standard InChI is InChI=1S/C11H15N3O4/c1-3-8-7(2)10(18-13-8)12-9(15)6-14-4-5-17-11(14)16/h3-6H2,1-2H3,(H,12,15). The number of carbonyl (C=O) groups excluding carboxylic acids is 2. The van der Waals surface area contributed by atoms with Crippen molar-refractivity contribution in [2.45, 2.75) is 20.3 Å². The first-order valence-corrected chi connectivity index (χ1v) is 5.78. The highest BCUT2D eigenvalue weighted by Crippen LogP contribution is 2.18. The molecule has 98 valence electrons. The van der Waals surface area contributed by atoms with Crippen molar-refractivity contribution in [1.29, 1.82) is 0 Å². The van der Waals surface area contributed by atoms with Crippen LogP contribution >= 0.6 is 0 Å². The first kappa shape index (κ1) is 12.4. The molecule has 1 saturated heterocycles. The summed E-state index contributed by atoms with van der Waals surface area (Å²) in [6.45, 7) is 4.50. The lowest BCUT2D eigenvalue weighted by atomic mass is 10.2. The van der Waals surface area contributed by atoms with Crippen molar-refractivity contribution in [3.8, 4) is 0 Å². The second kappa shape index (κ2) is 5.07. The average molecular weight is 253 g/mol. The molecule has 0 atom stereocenters. The van der Waals surface area contributed by atoms with E-state index in [1.807, 2.05) is 13.8 Å². The quantitative estimate of drug-likeness (QED) is 0.863. The van der Waals surface area contributed by atoms with Crippen LogP contribution in [0.2, 0.25) is 0 Å². The topological polar surface area (TPSA) is 84.7 Å². The fraction of sp³-hybridized carbons (Fsp3) is 0.545. The van der Waals surface area contributed by atoms with E-state index >= 15 is 0 Å². The van der Waals surface area contributed by atoms with E-state index in [9.17, 15) is 9.59 Å². The van der Waals surface area contributed by atoms with E-state index in [4.69, 9.17) is 9.26 Å². The molecule has 7 nitrogen and oxygen atoms in total. The number of hydrogen-bond donors (Lipinski definition) is 1. The lowest BCUT2D eigenvalue weighted by Gasteiger charge is -2.11. The summed E-state index contributed by atoms with van der Waals surface area (Å²) in [4.78, 5) is 24.2. The summed E-state index contributed by atoms with van der Waals surface area (Å²) >= 11 is 0. The number of hydrogen-bond acceptors (Lipinski definition) is 5. The molecule has 0 spiro atoms. The van der Waals surface area contributed by atoms with Gasteiger partial charge in [-0.3, -0.25) is 15.0 Å². The van der Waals surface area contributed by atoms with Gasteiger partial charge in [-0.15, -0.1) is 0 Å². The van der Waals surface area contributed by atoms with E-state index in [1.165, 1.54) is 4.90 Å². The van der Waals surface area contributed by atoms with Crippen LogP contribution in [0.15, 0.2) is 4.52 Å². The number of nitrogens with zero attached hydrogens (tertiary/aromatic N) is 2. The Morgan fingerprint density at radius 2 is 2.33 bits per heavy atom. The Labute approximate surface area is 104 Å². The van der Waals surface area contributed by atoms with Crippen molar-refractivity contribution in [1.82, 2.24) is 10.1 Å². The van der Waals surface area contributed by atoms with Gasteiger partial charge in [-0.05, 0) is 13.3 Å². The first-order valence-electron chi connectivity index (χ1n) is 5.78. The van der Waals surface area contributed by atoms with Gasteiger partial charge in [-0.1, -0.05) is 12.1 Å². The molecular weight excluding hydrogens is 238 g/mol. The zero-order valence-electron chi connectivity index (χ0n) is 10.4. The number of rotatable bonds is 4. The van der Waals surface area contributed by atoms with Crippen LogP contribution in [-0.4, -0.2) is 41.8 Å². The van der Waals surface area contributed by atoms with Crippen molar-refractivity contribution in [2.75, 3.05) is 25.0 Å². The van der Waals surface area contributed by atoms with Crippen molar-refractivity contribution < 1.29 is 18.8 Å². The summed E-state index contributed by atoms with van der Waals surface area (Å²) in [5.74, 6) is 0.0140. The average Bonchev–Trinajstić information content (AvgIpc) is 2.88. The van der Waals surface area contributed by atoms with Gasteiger partial charge in [-0.25, -0.2) is 4.79 Å². The fourth-order valence-electron chi connectivity index (χ4n) is 1.72. The van der Waals surface area contributed by atoms with Crippen LogP contribution in [-0.2, 0) is 16.0 Å². The number of amides is 2. The van der Waals surface area contributed by atoms with Crippen LogP contribution in [0.5, 0.6) is 0 Å². The number of aromatic nitrogens is 1. The largest absolute Gasteiger partial charge is 0.448 e. The van der Waals surface area contributed by atoms with E-state index in [1.54, 1.807) is 0 Å². The van der Waals surface area contributed by atoms with Gasteiger partial charge in [0.2, 0.25) is 11.8 Å². The predicted molar refractivity (Wildman–Crippen MR) is 62.2 cm³/mol. The smallest absolute Gasteiger partial charge is 0.410 e. The molecule has 18 heavy (non-hydrogen) atoms. The summed E-state index contributed by atoms with van der Waals surface area (Å²) in [7, 11) is 0. The third-order valence-electron chi connectivity index (χ3n) is 2.79. The molecule has 0 bridgehead atoms. The molecule has 0 unspecified atom stereocenters. The minimum Gasteiger partial charge on any atom is -0.448 e. The molecule has 0 radical (unpaired) electrons. The van der Waals surface area contributed by atoms with E-state index in [2.05, 4.69) is 10.5 Å². The van der Waals surface area contributed by atoms with Crippen LogP contribution in [0.4, 0.5) is 10.7 Å². The minimum atomic E-state index is -0.464. The van der Waals surface area contributed by atoms with Gasteiger partial charge >= 0.3 is 6.09 Å². The molecule has 1 N–H and O–H groups in total. The van der Waals surface area contributed by atoms with Gasteiger partial charge in [0, 0.05) is 5.56 Å². The maximum absolute atomic E-state index is 11.7. The number of ether oxygens (including phenoxy) is 1. The number of nitrogens with one attached hydrogen (secondary N) is 1. The van der Waals surface area contributed by atoms with Gasteiger partial charge in [-0.2, -0.15) is 0 Å². The molecule has 2 amide bonds. The Morgan fingerprint density at radius 3 is 2.89 bits per heavy atom. The molecule has 1 aromatic rings. The maximum atomic E-state index is 11.7. The van der Waals surface area contributed by atoms with E-state index in [0.717, 1.165) is 17.7 Å². The Morgan fingerprint density at radius 1 is 1.56 bits per heavy atom. The third-order valence-corrected chi connectivity index (χ3v) is 2.79. The number of aryl methyl sites for hydroxylation is 1. The summed E-state index contributed by atoms with van der Waals surface area (Å²) in [6, 6.07) is 0. The van der Waals surface area contributed by atoms with Crippen LogP contribution in [0.1, 0.15) is 18.2 Å². The van der Waals surface area contributed by atoms with Crippen molar-refractivity contribution in [3.63, 3.8) is 0 Å². The zero-order valence-corrected chi connectivity index (χ0v) is 10.4. The lowest BCUT2D eigenvalue weighted by Crippen LogP contribution is -2.33. The highest BCUT2D eigenvalue weighted by Gasteiger charge is 2.24. The van der Waals surface area contributed by atoms with E-state index < -0.39 is 6.09 Å². The summed E-state index contributed by atoms with van der Waals surface area (Å²) in [6.07, 6.45) is 0.276. The summed E-state index contributed by atoms with van der Waals surface area (Å²) < 4.78 is 9.76. The zero-order chi connectivity index (χ0) is 13.1. The molecule has 1 fully saturated rings. The Hall–Kier alpha value is -2.05. The second-order valence-corrected chi connectivity index (χ2v) is 4.02.